The fourth-order valence-corrected chi connectivity index (χ4v) is 1.73. The molecule has 100 valence electrons. The van der Waals surface area contributed by atoms with Gasteiger partial charge in [0.2, 0.25) is 0 Å². The molecule has 0 fully saturated rings. The first-order chi connectivity index (χ1) is 8.47. The molecule has 0 aliphatic rings. The average Bonchev–Trinajstić information content (AvgIpc) is 2.32. The summed E-state index contributed by atoms with van der Waals surface area (Å²) < 4.78 is 18.8. The Bertz CT molecular complexity index is 432. The van der Waals surface area contributed by atoms with Crippen LogP contribution in [0.5, 0.6) is 0 Å². The van der Waals surface area contributed by atoms with Crippen LogP contribution in [0.25, 0.3) is 0 Å². The van der Waals surface area contributed by atoms with Crippen molar-refractivity contribution in [1.82, 2.24) is 0 Å². The summed E-state index contributed by atoms with van der Waals surface area (Å²) >= 11 is 0. The van der Waals surface area contributed by atoms with E-state index in [0.29, 0.717) is 30.9 Å². The second-order valence-corrected chi connectivity index (χ2v) is 4.29. The van der Waals surface area contributed by atoms with Crippen molar-refractivity contribution in [2.24, 2.45) is 0 Å². The number of Topliss-reactive ketones (excluding diaryl/α,β-unsaturated/α-hetero) is 1. The first-order valence-corrected chi connectivity index (χ1v) is 6.07. The number of rotatable bonds is 6. The molecule has 0 heterocycles. The molecule has 1 rings (SSSR count). The van der Waals surface area contributed by atoms with Gasteiger partial charge in [-0.05, 0) is 38.5 Å². The van der Waals surface area contributed by atoms with Crippen molar-refractivity contribution in [1.29, 1.82) is 0 Å². The van der Waals surface area contributed by atoms with Gasteiger partial charge in [-0.1, -0.05) is 0 Å². The number of nitrogens with zero attached hydrogens (tertiary/aromatic N) is 1. The summed E-state index contributed by atoms with van der Waals surface area (Å²) in [5.74, 6) is -0.477. The number of likely N-dealkylation sites (N-methyl/N-ethyl adjacent to an activating group) is 1. The predicted octanol–water partition coefficient (Wildman–Crippen LogP) is 2.81. The topological polar surface area (TPSA) is 29.5 Å². The number of anilines is 1. The monoisotopic (exact) mass is 253 g/mol. The number of benzene rings is 1. The average molecular weight is 253 g/mol. The zero-order valence-electron chi connectivity index (χ0n) is 11.4. The Labute approximate surface area is 108 Å². The number of carbonyl (C=O) groups is 1. The molecular formula is C14H20FNO2. The quantitative estimate of drug-likeness (QED) is 0.576. The maximum Gasteiger partial charge on any atom is 0.161 e. The highest BCUT2D eigenvalue weighted by Crippen LogP contribution is 2.24. The van der Waals surface area contributed by atoms with Crippen molar-refractivity contribution in [3.8, 4) is 0 Å². The lowest BCUT2D eigenvalue weighted by molar-refractivity contribution is 0.101. The van der Waals surface area contributed by atoms with Crippen LogP contribution in [0.2, 0.25) is 0 Å². The molecule has 0 radical (unpaired) electrons. The molecule has 1 aromatic rings. The van der Waals surface area contributed by atoms with Crippen LogP contribution in [0.4, 0.5) is 10.1 Å². The minimum atomic E-state index is -0.345. The summed E-state index contributed by atoms with van der Waals surface area (Å²) in [7, 11) is 1.87. The minimum absolute atomic E-state index is 0.132. The molecule has 18 heavy (non-hydrogen) atoms. The molecule has 0 atom stereocenters. The molecule has 0 aliphatic heterocycles. The third-order valence-electron chi connectivity index (χ3n) is 2.84. The lowest BCUT2D eigenvalue weighted by Crippen LogP contribution is -2.24. The Hall–Kier alpha value is -1.42. The van der Waals surface area contributed by atoms with E-state index in [4.69, 9.17) is 4.74 Å². The molecule has 0 bridgehead atoms. The Morgan fingerprint density at radius 1 is 1.44 bits per heavy atom. The molecule has 0 unspecified atom stereocenters. The van der Waals surface area contributed by atoms with E-state index in [9.17, 15) is 9.18 Å². The van der Waals surface area contributed by atoms with Crippen LogP contribution in [0.1, 0.15) is 29.8 Å². The van der Waals surface area contributed by atoms with E-state index in [2.05, 4.69) is 0 Å². The van der Waals surface area contributed by atoms with Crippen LogP contribution in [-0.4, -0.2) is 32.6 Å². The van der Waals surface area contributed by atoms with Crippen LogP contribution in [0.3, 0.4) is 0 Å². The van der Waals surface area contributed by atoms with Crippen LogP contribution in [0.15, 0.2) is 12.1 Å². The smallest absolute Gasteiger partial charge is 0.161 e. The molecule has 0 aromatic heterocycles. The summed E-state index contributed by atoms with van der Waals surface area (Å²) in [5, 5.41) is 0. The van der Waals surface area contributed by atoms with Gasteiger partial charge >= 0.3 is 0 Å². The molecule has 3 nitrogen and oxygen atoms in total. The second kappa shape index (κ2) is 6.50. The van der Waals surface area contributed by atoms with Gasteiger partial charge in [-0.3, -0.25) is 4.79 Å². The molecule has 0 N–H and O–H groups in total. The maximum atomic E-state index is 13.5. The van der Waals surface area contributed by atoms with Crippen molar-refractivity contribution in [3.05, 3.63) is 29.1 Å². The van der Waals surface area contributed by atoms with E-state index in [1.807, 2.05) is 18.9 Å². The predicted molar refractivity (Wildman–Crippen MR) is 70.9 cm³/mol. The highest BCUT2D eigenvalue weighted by atomic mass is 19.1. The zero-order chi connectivity index (χ0) is 13.7. The van der Waals surface area contributed by atoms with Crippen molar-refractivity contribution in [3.63, 3.8) is 0 Å². The van der Waals surface area contributed by atoms with Gasteiger partial charge in [-0.15, -0.1) is 0 Å². The van der Waals surface area contributed by atoms with Crippen LogP contribution >= 0.6 is 0 Å². The van der Waals surface area contributed by atoms with E-state index in [-0.39, 0.29) is 11.6 Å². The molecule has 4 heteroatoms. The number of carbonyl (C=O) groups excluding carboxylic acids is 1. The standard InChI is InChI=1S/C14H20FNO2/c1-5-18-7-6-16(4)14-8-10(2)13(15)9-12(14)11(3)17/h8-9H,5-7H2,1-4H3. The first kappa shape index (κ1) is 14.6. The number of hydrogen-bond acceptors (Lipinski definition) is 3. The lowest BCUT2D eigenvalue weighted by Gasteiger charge is -2.22. The molecule has 0 saturated carbocycles. The molecule has 1 aromatic carbocycles. The molecular weight excluding hydrogens is 233 g/mol. The van der Waals surface area contributed by atoms with Crippen molar-refractivity contribution >= 4 is 11.5 Å². The largest absolute Gasteiger partial charge is 0.380 e. The number of halogens is 1. The highest BCUT2D eigenvalue weighted by molar-refractivity contribution is 5.99. The summed E-state index contributed by atoms with van der Waals surface area (Å²) in [5.41, 5.74) is 1.71. The van der Waals surface area contributed by atoms with Crippen molar-refractivity contribution < 1.29 is 13.9 Å². The van der Waals surface area contributed by atoms with E-state index in [0.717, 1.165) is 5.69 Å². The molecule has 0 aliphatic carbocycles. The van der Waals surface area contributed by atoms with Crippen molar-refractivity contribution in [2.75, 3.05) is 31.7 Å². The summed E-state index contributed by atoms with van der Waals surface area (Å²) in [4.78, 5) is 13.5. The fourth-order valence-electron chi connectivity index (χ4n) is 1.73. The Kier molecular flexibility index (Phi) is 5.28. The molecule has 0 amide bonds. The second-order valence-electron chi connectivity index (χ2n) is 4.29. The first-order valence-electron chi connectivity index (χ1n) is 6.07. The normalized spacial score (nSPS) is 10.5. The Morgan fingerprint density at radius 3 is 2.67 bits per heavy atom. The minimum Gasteiger partial charge on any atom is -0.380 e. The van der Waals surface area contributed by atoms with Gasteiger partial charge in [0.1, 0.15) is 5.82 Å². The van der Waals surface area contributed by atoms with Crippen LogP contribution in [-0.2, 0) is 4.74 Å². The van der Waals surface area contributed by atoms with Crippen LogP contribution in [0, 0.1) is 12.7 Å². The van der Waals surface area contributed by atoms with Gasteiger partial charge in [-0.25, -0.2) is 4.39 Å². The zero-order valence-corrected chi connectivity index (χ0v) is 11.4. The van der Waals surface area contributed by atoms with Gasteiger partial charge in [-0.2, -0.15) is 0 Å². The molecule has 0 spiro atoms. The van der Waals surface area contributed by atoms with Gasteiger partial charge < -0.3 is 9.64 Å². The van der Waals surface area contributed by atoms with Gasteiger partial charge in [0.05, 0.1) is 6.61 Å². The van der Waals surface area contributed by atoms with Crippen LogP contribution < -0.4 is 4.90 Å². The Morgan fingerprint density at radius 2 is 2.11 bits per heavy atom. The van der Waals surface area contributed by atoms with E-state index < -0.39 is 0 Å². The lowest BCUT2D eigenvalue weighted by atomic mass is 10.1. The summed E-state index contributed by atoms with van der Waals surface area (Å²) in [6, 6.07) is 3.02. The number of hydrogen-bond donors (Lipinski definition) is 0. The van der Waals surface area contributed by atoms with Crippen molar-refractivity contribution in [2.45, 2.75) is 20.8 Å². The summed E-state index contributed by atoms with van der Waals surface area (Å²) in [6.45, 7) is 6.99. The number of aryl methyl sites for hydroxylation is 1. The van der Waals surface area contributed by atoms with E-state index >= 15 is 0 Å². The van der Waals surface area contributed by atoms with E-state index in [1.165, 1.54) is 13.0 Å². The highest BCUT2D eigenvalue weighted by Gasteiger charge is 2.14. The van der Waals surface area contributed by atoms with Gasteiger partial charge in [0.25, 0.3) is 0 Å². The van der Waals surface area contributed by atoms with E-state index in [1.54, 1.807) is 13.0 Å². The number of ketones is 1. The third kappa shape index (κ3) is 3.53. The maximum absolute atomic E-state index is 13.5. The summed E-state index contributed by atoms with van der Waals surface area (Å²) in [6.07, 6.45) is 0. The van der Waals surface area contributed by atoms with Gasteiger partial charge in [0, 0.05) is 31.5 Å². The SMILES string of the molecule is CCOCCN(C)c1cc(C)c(F)cc1C(C)=O. The Balaban J connectivity index is 2.98. The third-order valence-corrected chi connectivity index (χ3v) is 2.84. The fraction of sp³-hybridized carbons (Fsp3) is 0.500. The molecule has 0 saturated heterocycles. The number of ether oxygens (including phenoxy) is 1. The van der Waals surface area contributed by atoms with Gasteiger partial charge in [0.15, 0.2) is 5.78 Å².